The quantitative estimate of drug-likeness (QED) is 0.645. The van der Waals surface area contributed by atoms with Crippen molar-refractivity contribution in [2.75, 3.05) is 19.6 Å². The number of rotatable bonds is 5. The summed E-state index contributed by atoms with van der Waals surface area (Å²) in [7, 11) is 0. The molecule has 0 aromatic heterocycles. The average Bonchev–Trinajstić information content (AvgIpc) is 2.33. The monoisotopic (exact) mass is 227 g/mol. The van der Waals surface area contributed by atoms with E-state index in [4.69, 9.17) is 5.73 Å². The molecule has 0 saturated carbocycles. The minimum Gasteiger partial charge on any atom is -0.352 e. The molecule has 4 N–H and O–H groups in total. The first-order valence-corrected chi connectivity index (χ1v) is 6.40. The molecule has 4 nitrogen and oxygen atoms in total. The van der Waals surface area contributed by atoms with Crippen molar-refractivity contribution in [3.63, 3.8) is 0 Å². The van der Waals surface area contributed by atoms with Gasteiger partial charge in [0.15, 0.2) is 0 Å². The summed E-state index contributed by atoms with van der Waals surface area (Å²) >= 11 is 0. The molecule has 1 rings (SSSR count). The van der Waals surface area contributed by atoms with Gasteiger partial charge in [-0.15, -0.1) is 0 Å². The lowest BCUT2D eigenvalue weighted by Gasteiger charge is -2.32. The lowest BCUT2D eigenvalue weighted by atomic mass is 9.81. The summed E-state index contributed by atoms with van der Waals surface area (Å²) in [4.78, 5) is 12.2. The van der Waals surface area contributed by atoms with E-state index in [2.05, 4.69) is 10.6 Å². The summed E-state index contributed by atoms with van der Waals surface area (Å²) in [6.07, 6.45) is 3.84. The molecule has 1 saturated heterocycles. The molecule has 16 heavy (non-hydrogen) atoms. The first-order chi connectivity index (χ1) is 7.68. The topological polar surface area (TPSA) is 67.2 Å². The Kier molecular flexibility index (Phi) is 5.22. The summed E-state index contributed by atoms with van der Waals surface area (Å²) < 4.78 is 0. The van der Waals surface area contributed by atoms with Crippen molar-refractivity contribution < 1.29 is 4.79 Å². The fourth-order valence-electron chi connectivity index (χ4n) is 2.27. The molecule has 1 atom stereocenters. The van der Waals surface area contributed by atoms with Crippen molar-refractivity contribution in [2.45, 2.75) is 45.6 Å². The van der Waals surface area contributed by atoms with Gasteiger partial charge < -0.3 is 16.4 Å². The van der Waals surface area contributed by atoms with Gasteiger partial charge in [-0.05, 0) is 32.2 Å². The first-order valence-electron chi connectivity index (χ1n) is 6.40. The standard InChI is InChI=1S/C12H25N3O/c1-3-12(4-2,9-13)11(16)15-10-6-5-7-14-8-10/h10,14H,3-9,13H2,1-2H3,(H,15,16). The number of hydrogen-bond acceptors (Lipinski definition) is 3. The maximum atomic E-state index is 12.2. The van der Waals surface area contributed by atoms with Crippen molar-refractivity contribution in [3.8, 4) is 0 Å². The van der Waals surface area contributed by atoms with Crippen LogP contribution in [-0.2, 0) is 4.79 Å². The molecular formula is C12H25N3O. The van der Waals surface area contributed by atoms with Crippen molar-refractivity contribution >= 4 is 5.91 Å². The molecule has 4 heteroatoms. The molecule has 0 aromatic rings. The number of hydrogen-bond donors (Lipinski definition) is 3. The fourth-order valence-corrected chi connectivity index (χ4v) is 2.27. The van der Waals surface area contributed by atoms with Crippen LogP contribution in [0.4, 0.5) is 0 Å². The third-order valence-corrected chi connectivity index (χ3v) is 3.86. The van der Waals surface area contributed by atoms with Gasteiger partial charge in [0, 0.05) is 19.1 Å². The number of carbonyl (C=O) groups is 1. The smallest absolute Gasteiger partial charge is 0.227 e. The molecule has 0 radical (unpaired) electrons. The third kappa shape index (κ3) is 2.95. The molecule has 0 aliphatic carbocycles. The molecular weight excluding hydrogens is 202 g/mol. The molecule has 1 aliphatic heterocycles. The Morgan fingerprint density at radius 3 is 2.62 bits per heavy atom. The van der Waals surface area contributed by atoms with E-state index in [0.717, 1.165) is 38.8 Å². The highest BCUT2D eigenvalue weighted by Crippen LogP contribution is 2.25. The van der Waals surface area contributed by atoms with Crippen LogP contribution < -0.4 is 16.4 Å². The van der Waals surface area contributed by atoms with Crippen LogP contribution >= 0.6 is 0 Å². The second-order valence-electron chi connectivity index (χ2n) is 4.71. The van der Waals surface area contributed by atoms with E-state index in [1.165, 1.54) is 0 Å². The summed E-state index contributed by atoms with van der Waals surface area (Å²) in [5.41, 5.74) is 5.39. The van der Waals surface area contributed by atoms with Gasteiger partial charge in [-0.1, -0.05) is 13.8 Å². The van der Waals surface area contributed by atoms with Crippen LogP contribution in [-0.4, -0.2) is 31.6 Å². The molecule has 1 heterocycles. The minimum atomic E-state index is -0.364. The van der Waals surface area contributed by atoms with Gasteiger partial charge in [-0.2, -0.15) is 0 Å². The van der Waals surface area contributed by atoms with Crippen molar-refractivity contribution in [2.24, 2.45) is 11.1 Å². The van der Waals surface area contributed by atoms with Crippen LogP contribution in [0.15, 0.2) is 0 Å². The number of piperidine rings is 1. The Morgan fingerprint density at radius 1 is 1.50 bits per heavy atom. The van der Waals surface area contributed by atoms with E-state index in [0.29, 0.717) is 6.54 Å². The Balaban J connectivity index is 2.54. The van der Waals surface area contributed by atoms with Crippen LogP contribution in [0.25, 0.3) is 0 Å². The Labute approximate surface area is 98.3 Å². The van der Waals surface area contributed by atoms with Crippen LogP contribution in [0.1, 0.15) is 39.5 Å². The zero-order valence-electron chi connectivity index (χ0n) is 10.5. The highest BCUT2D eigenvalue weighted by molar-refractivity contribution is 5.83. The molecule has 1 aliphatic rings. The highest BCUT2D eigenvalue weighted by Gasteiger charge is 2.34. The van der Waals surface area contributed by atoms with Crippen LogP contribution in [0.2, 0.25) is 0 Å². The first kappa shape index (κ1) is 13.5. The SMILES string of the molecule is CCC(CC)(CN)C(=O)NC1CCCNC1. The van der Waals surface area contributed by atoms with E-state index in [1.54, 1.807) is 0 Å². The molecule has 1 unspecified atom stereocenters. The maximum Gasteiger partial charge on any atom is 0.227 e. The number of amides is 1. The average molecular weight is 227 g/mol. The Hall–Kier alpha value is -0.610. The largest absolute Gasteiger partial charge is 0.352 e. The van der Waals surface area contributed by atoms with Gasteiger partial charge in [0.2, 0.25) is 5.91 Å². The Bertz CT molecular complexity index is 212. The van der Waals surface area contributed by atoms with Gasteiger partial charge >= 0.3 is 0 Å². The maximum absolute atomic E-state index is 12.2. The summed E-state index contributed by atoms with van der Waals surface area (Å²) in [5, 5.41) is 6.43. The predicted molar refractivity (Wildman–Crippen MR) is 66.1 cm³/mol. The summed E-state index contributed by atoms with van der Waals surface area (Å²) in [5.74, 6) is 0.133. The van der Waals surface area contributed by atoms with Crippen LogP contribution in [0.5, 0.6) is 0 Å². The number of nitrogens with two attached hydrogens (primary N) is 1. The van der Waals surface area contributed by atoms with Gasteiger partial charge in [0.1, 0.15) is 0 Å². The molecule has 0 spiro atoms. The fraction of sp³-hybridized carbons (Fsp3) is 0.917. The minimum absolute atomic E-state index is 0.133. The lowest BCUT2D eigenvalue weighted by Crippen LogP contribution is -2.52. The molecule has 94 valence electrons. The van der Waals surface area contributed by atoms with Crippen molar-refractivity contribution in [1.29, 1.82) is 0 Å². The molecule has 0 bridgehead atoms. The van der Waals surface area contributed by atoms with Crippen molar-refractivity contribution in [3.05, 3.63) is 0 Å². The summed E-state index contributed by atoms with van der Waals surface area (Å²) in [6, 6.07) is 0.283. The van der Waals surface area contributed by atoms with Gasteiger partial charge in [0.05, 0.1) is 5.41 Å². The lowest BCUT2D eigenvalue weighted by molar-refractivity contribution is -0.131. The number of carbonyl (C=O) groups excluding carboxylic acids is 1. The summed E-state index contributed by atoms with van der Waals surface area (Å²) in [6.45, 7) is 6.46. The van der Waals surface area contributed by atoms with Crippen molar-refractivity contribution in [1.82, 2.24) is 10.6 Å². The molecule has 1 amide bonds. The zero-order chi connectivity index (χ0) is 12.0. The van der Waals surface area contributed by atoms with E-state index in [9.17, 15) is 4.79 Å². The van der Waals surface area contributed by atoms with E-state index < -0.39 is 0 Å². The Morgan fingerprint density at radius 2 is 2.19 bits per heavy atom. The number of nitrogens with one attached hydrogen (secondary N) is 2. The predicted octanol–water partition coefficient (Wildman–Crippen LogP) is 0.620. The van der Waals surface area contributed by atoms with Gasteiger partial charge in [-0.3, -0.25) is 4.79 Å². The highest BCUT2D eigenvalue weighted by atomic mass is 16.2. The third-order valence-electron chi connectivity index (χ3n) is 3.86. The normalized spacial score (nSPS) is 21.8. The second-order valence-corrected chi connectivity index (χ2v) is 4.71. The zero-order valence-corrected chi connectivity index (χ0v) is 10.5. The van der Waals surface area contributed by atoms with Crippen LogP contribution in [0.3, 0.4) is 0 Å². The molecule has 1 fully saturated rings. The van der Waals surface area contributed by atoms with Crippen LogP contribution in [0, 0.1) is 5.41 Å². The van der Waals surface area contributed by atoms with E-state index >= 15 is 0 Å². The van der Waals surface area contributed by atoms with E-state index in [-0.39, 0.29) is 17.4 Å². The van der Waals surface area contributed by atoms with Gasteiger partial charge in [0.25, 0.3) is 0 Å². The molecule has 0 aromatic carbocycles. The van der Waals surface area contributed by atoms with E-state index in [1.807, 2.05) is 13.8 Å². The second kappa shape index (κ2) is 6.21. The van der Waals surface area contributed by atoms with Gasteiger partial charge in [-0.25, -0.2) is 0 Å².